The molecule has 0 aliphatic heterocycles. The van der Waals surface area contributed by atoms with Crippen molar-refractivity contribution in [1.82, 2.24) is 4.90 Å². The lowest BCUT2D eigenvalue weighted by Crippen LogP contribution is -2.41. The Labute approximate surface area is 170 Å². The summed E-state index contributed by atoms with van der Waals surface area (Å²) >= 11 is 6.26. The third-order valence-corrected chi connectivity index (χ3v) is 6.58. The molecular weight excluding hydrogens is 401 g/mol. The van der Waals surface area contributed by atoms with E-state index in [1.807, 2.05) is 0 Å². The third kappa shape index (κ3) is 4.92. The van der Waals surface area contributed by atoms with E-state index in [4.69, 9.17) is 11.6 Å². The van der Waals surface area contributed by atoms with Gasteiger partial charge < -0.3 is 4.90 Å². The van der Waals surface area contributed by atoms with E-state index in [2.05, 4.69) is 0 Å². The zero-order chi connectivity index (χ0) is 20.3. The summed E-state index contributed by atoms with van der Waals surface area (Å²) in [6.45, 7) is 0.323. The monoisotopic (exact) mass is 423 g/mol. The average molecular weight is 424 g/mol. The minimum absolute atomic E-state index is 0.0456. The number of hydrogen-bond acceptors (Lipinski definition) is 3. The van der Waals surface area contributed by atoms with Gasteiger partial charge in [-0.05, 0) is 48.7 Å². The number of carbonyl (C=O) groups is 1. The summed E-state index contributed by atoms with van der Waals surface area (Å²) in [4.78, 5) is 15.2. The fourth-order valence-corrected chi connectivity index (χ4v) is 4.45. The van der Waals surface area contributed by atoms with Crippen LogP contribution >= 0.6 is 11.6 Å². The second-order valence-electron chi connectivity index (χ2n) is 7.27. The largest absolute Gasteiger partial charge is 0.331 e. The highest BCUT2D eigenvalue weighted by atomic mass is 35.5. The first-order valence-electron chi connectivity index (χ1n) is 9.31. The second kappa shape index (κ2) is 8.62. The molecule has 2 aromatic carbocycles. The third-order valence-electron chi connectivity index (χ3n) is 5.14. The summed E-state index contributed by atoms with van der Waals surface area (Å²) in [5, 5.41) is 0.220. The van der Waals surface area contributed by atoms with Crippen molar-refractivity contribution in [2.24, 2.45) is 0 Å². The van der Waals surface area contributed by atoms with Crippen LogP contribution in [0.5, 0.6) is 0 Å². The highest BCUT2D eigenvalue weighted by molar-refractivity contribution is 7.90. The molecule has 0 spiro atoms. The van der Waals surface area contributed by atoms with Crippen LogP contribution in [0.2, 0.25) is 5.02 Å². The van der Waals surface area contributed by atoms with E-state index in [0.29, 0.717) is 6.54 Å². The van der Waals surface area contributed by atoms with Crippen molar-refractivity contribution in [2.75, 3.05) is 6.26 Å². The van der Waals surface area contributed by atoms with Gasteiger partial charge in [0.2, 0.25) is 0 Å². The first-order chi connectivity index (χ1) is 13.3. The first kappa shape index (κ1) is 20.8. The van der Waals surface area contributed by atoms with Crippen LogP contribution < -0.4 is 0 Å². The average Bonchev–Trinajstić information content (AvgIpc) is 2.67. The van der Waals surface area contributed by atoms with Crippen molar-refractivity contribution in [3.05, 3.63) is 64.4 Å². The van der Waals surface area contributed by atoms with Gasteiger partial charge in [-0.3, -0.25) is 4.79 Å². The van der Waals surface area contributed by atoms with Gasteiger partial charge >= 0.3 is 0 Å². The fraction of sp³-hybridized carbons (Fsp3) is 0.381. The molecule has 0 atom stereocenters. The molecule has 0 radical (unpaired) electrons. The van der Waals surface area contributed by atoms with Crippen molar-refractivity contribution in [3.8, 4) is 0 Å². The molecule has 1 aliphatic rings. The topological polar surface area (TPSA) is 54.5 Å². The van der Waals surface area contributed by atoms with Crippen LogP contribution in [0.1, 0.15) is 48.0 Å². The molecule has 4 nitrogen and oxygen atoms in total. The van der Waals surface area contributed by atoms with Crippen molar-refractivity contribution in [1.29, 1.82) is 0 Å². The maximum Gasteiger partial charge on any atom is 0.255 e. The molecule has 28 heavy (non-hydrogen) atoms. The number of halogens is 2. The van der Waals surface area contributed by atoms with Crippen molar-refractivity contribution >= 4 is 27.3 Å². The maximum absolute atomic E-state index is 13.4. The molecule has 1 aliphatic carbocycles. The van der Waals surface area contributed by atoms with E-state index in [-0.39, 0.29) is 33.2 Å². The lowest BCUT2D eigenvalue weighted by Gasteiger charge is -2.35. The summed E-state index contributed by atoms with van der Waals surface area (Å²) in [6, 6.07) is 10.3. The Kier molecular flexibility index (Phi) is 6.40. The van der Waals surface area contributed by atoms with Crippen LogP contribution in [0.15, 0.2) is 47.4 Å². The summed E-state index contributed by atoms with van der Waals surface area (Å²) in [5.41, 5.74) is 0.994. The van der Waals surface area contributed by atoms with Gasteiger partial charge in [0.25, 0.3) is 5.91 Å². The lowest BCUT2D eigenvalue weighted by molar-refractivity contribution is 0.0614. The predicted octanol–water partition coefficient (Wildman–Crippen LogP) is 4.86. The highest BCUT2D eigenvalue weighted by Crippen LogP contribution is 2.29. The Bertz CT molecular complexity index is 954. The number of sulfone groups is 1. The van der Waals surface area contributed by atoms with E-state index in [1.165, 1.54) is 30.3 Å². The molecule has 7 heteroatoms. The molecule has 0 saturated heterocycles. The molecule has 0 aromatic heterocycles. The number of nitrogens with zero attached hydrogens (tertiary/aromatic N) is 1. The predicted molar refractivity (Wildman–Crippen MR) is 108 cm³/mol. The highest BCUT2D eigenvalue weighted by Gasteiger charge is 2.28. The molecule has 1 amide bonds. The van der Waals surface area contributed by atoms with Gasteiger partial charge in [-0.25, -0.2) is 12.8 Å². The van der Waals surface area contributed by atoms with Gasteiger partial charge in [0.1, 0.15) is 5.82 Å². The Morgan fingerprint density at radius 3 is 2.36 bits per heavy atom. The Morgan fingerprint density at radius 1 is 1.11 bits per heavy atom. The summed E-state index contributed by atoms with van der Waals surface area (Å²) in [6.07, 6.45) is 6.08. The number of benzene rings is 2. The molecule has 0 unspecified atom stereocenters. The number of hydrogen-bond donors (Lipinski definition) is 0. The SMILES string of the molecule is CS(=O)(=O)c1ccc(Cl)c(C(=O)N(Cc2ccc(F)cc2)C2CCCCC2)c1. The lowest BCUT2D eigenvalue weighted by atomic mass is 9.93. The van der Waals surface area contributed by atoms with Crippen LogP contribution in [-0.2, 0) is 16.4 Å². The maximum atomic E-state index is 13.4. The van der Waals surface area contributed by atoms with Gasteiger partial charge in [0, 0.05) is 18.8 Å². The van der Waals surface area contributed by atoms with Gasteiger partial charge in [-0.15, -0.1) is 0 Å². The number of carbonyl (C=O) groups excluding carboxylic acids is 1. The molecular formula is C21H23ClFNO3S. The van der Waals surface area contributed by atoms with Crippen LogP contribution in [0.25, 0.3) is 0 Å². The smallest absolute Gasteiger partial charge is 0.255 e. The Morgan fingerprint density at radius 2 is 1.75 bits per heavy atom. The Hall–Kier alpha value is -1.92. The van der Waals surface area contributed by atoms with E-state index in [9.17, 15) is 17.6 Å². The van der Waals surface area contributed by atoms with Crippen molar-refractivity contribution < 1.29 is 17.6 Å². The zero-order valence-corrected chi connectivity index (χ0v) is 17.3. The van der Waals surface area contributed by atoms with E-state index >= 15 is 0 Å². The standard InChI is InChI=1S/C21H23ClFNO3S/c1-28(26,27)18-11-12-20(22)19(13-18)21(25)24(17-5-3-2-4-6-17)14-15-7-9-16(23)10-8-15/h7-13,17H,2-6,14H2,1H3. The molecule has 0 heterocycles. The van der Waals surface area contributed by atoms with E-state index < -0.39 is 9.84 Å². The quantitative estimate of drug-likeness (QED) is 0.690. The summed E-state index contributed by atoms with van der Waals surface area (Å²) < 4.78 is 37.1. The van der Waals surface area contributed by atoms with Gasteiger partial charge in [-0.2, -0.15) is 0 Å². The molecule has 3 rings (SSSR count). The Balaban J connectivity index is 1.97. The van der Waals surface area contributed by atoms with Crippen LogP contribution in [0, 0.1) is 5.82 Å². The molecule has 1 fully saturated rings. The molecule has 150 valence electrons. The summed E-state index contributed by atoms with van der Waals surface area (Å²) in [7, 11) is -3.46. The van der Waals surface area contributed by atoms with Crippen molar-refractivity contribution in [2.45, 2.75) is 49.6 Å². The first-order valence-corrected chi connectivity index (χ1v) is 11.6. The van der Waals surface area contributed by atoms with Crippen LogP contribution in [-0.4, -0.2) is 31.5 Å². The molecule has 0 bridgehead atoms. The molecule has 0 N–H and O–H groups in total. The van der Waals surface area contributed by atoms with Gasteiger partial charge in [0.05, 0.1) is 15.5 Å². The van der Waals surface area contributed by atoms with Gasteiger partial charge in [0.15, 0.2) is 9.84 Å². The minimum atomic E-state index is -3.46. The van der Waals surface area contributed by atoms with Crippen molar-refractivity contribution in [3.63, 3.8) is 0 Å². The summed E-state index contributed by atoms with van der Waals surface area (Å²) in [5.74, 6) is -0.630. The van der Waals surface area contributed by atoms with Crippen LogP contribution in [0.4, 0.5) is 4.39 Å². The second-order valence-corrected chi connectivity index (χ2v) is 9.69. The normalized spacial score (nSPS) is 15.4. The van der Waals surface area contributed by atoms with E-state index in [0.717, 1.165) is 43.9 Å². The van der Waals surface area contributed by atoms with Crippen LogP contribution in [0.3, 0.4) is 0 Å². The molecule has 2 aromatic rings. The minimum Gasteiger partial charge on any atom is -0.331 e. The molecule has 1 saturated carbocycles. The van der Waals surface area contributed by atoms with E-state index in [1.54, 1.807) is 17.0 Å². The number of rotatable bonds is 5. The van der Waals surface area contributed by atoms with Gasteiger partial charge in [-0.1, -0.05) is 43.0 Å². The zero-order valence-electron chi connectivity index (χ0n) is 15.7. The number of amides is 1. The fourth-order valence-electron chi connectivity index (χ4n) is 3.60.